The van der Waals surface area contributed by atoms with E-state index in [2.05, 4.69) is 15.3 Å². The lowest BCUT2D eigenvalue weighted by molar-refractivity contribution is -0.142. The quantitative estimate of drug-likeness (QED) is 0.575. The molecule has 27 heavy (non-hydrogen) atoms. The van der Waals surface area contributed by atoms with Crippen molar-refractivity contribution in [1.29, 1.82) is 5.41 Å². The van der Waals surface area contributed by atoms with Crippen molar-refractivity contribution in [3.05, 3.63) is 60.4 Å². The van der Waals surface area contributed by atoms with Crippen molar-refractivity contribution >= 4 is 23.7 Å². The normalized spacial score (nSPS) is 16.0. The van der Waals surface area contributed by atoms with Crippen LogP contribution in [0.4, 0.5) is 5.95 Å². The number of nitrogens with one attached hydrogen (secondary N) is 2. The summed E-state index contributed by atoms with van der Waals surface area (Å²) in [5, 5.41) is 11.4. The van der Waals surface area contributed by atoms with Crippen LogP contribution in [0.5, 0.6) is 0 Å². The van der Waals surface area contributed by atoms with E-state index in [0.717, 1.165) is 31.2 Å². The molecule has 1 aliphatic carbocycles. The second kappa shape index (κ2) is 9.62. The Labute approximate surface area is 159 Å². The van der Waals surface area contributed by atoms with Gasteiger partial charge in [0.15, 0.2) is 0 Å². The monoisotopic (exact) mass is 364 g/mol. The topological polar surface area (TPSA) is 88.0 Å². The van der Waals surface area contributed by atoms with Crippen LogP contribution in [0.1, 0.15) is 37.7 Å². The lowest BCUT2D eigenvalue weighted by atomic mass is 9.98. The van der Waals surface area contributed by atoms with Gasteiger partial charge in [-0.1, -0.05) is 48.9 Å². The largest absolute Gasteiger partial charge is 0.458 e. The van der Waals surface area contributed by atoms with Gasteiger partial charge in [0, 0.05) is 12.4 Å². The van der Waals surface area contributed by atoms with Gasteiger partial charge in [0.25, 0.3) is 0 Å². The zero-order valence-electron chi connectivity index (χ0n) is 15.2. The number of ether oxygens (including phenoxy) is 1. The van der Waals surface area contributed by atoms with Gasteiger partial charge in [-0.2, -0.15) is 0 Å². The maximum absolute atomic E-state index is 12.5. The van der Waals surface area contributed by atoms with E-state index in [1.54, 1.807) is 24.5 Å². The molecular formula is C21H24N4O2. The Hall–Kier alpha value is -3.02. The summed E-state index contributed by atoms with van der Waals surface area (Å²) in [6, 6.07) is 10.8. The molecule has 6 heteroatoms. The first kappa shape index (κ1) is 18.8. The van der Waals surface area contributed by atoms with Crippen molar-refractivity contribution in [1.82, 2.24) is 9.97 Å². The zero-order chi connectivity index (χ0) is 18.9. The molecule has 0 saturated heterocycles. The molecule has 3 rings (SSSR count). The molecule has 1 aliphatic rings. The Morgan fingerprint density at radius 3 is 2.52 bits per heavy atom. The van der Waals surface area contributed by atoms with Crippen molar-refractivity contribution in [2.24, 2.45) is 0 Å². The van der Waals surface area contributed by atoms with Gasteiger partial charge in [-0.3, -0.25) is 5.41 Å². The van der Waals surface area contributed by atoms with E-state index in [1.807, 2.05) is 36.4 Å². The molecule has 0 spiro atoms. The van der Waals surface area contributed by atoms with Crippen LogP contribution in [0.2, 0.25) is 0 Å². The van der Waals surface area contributed by atoms with E-state index in [1.165, 1.54) is 6.42 Å². The fourth-order valence-corrected chi connectivity index (χ4v) is 3.03. The smallest absolute Gasteiger partial charge is 0.354 e. The number of benzene rings is 1. The average Bonchev–Trinajstić information content (AvgIpc) is 2.73. The molecule has 2 aromatic rings. The Morgan fingerprint density at radius 2 is 1.81 bits per heavy atom. The highest BCUT2D eigenvalue weighted by Gasteiger charge is 2.25. The minimum atomic E-state index is -0.677. The molecular weight excluding hydrogens is 340 g/mol. The fraction of sp³-hybridized carbons (Fsp3) is 0.333. The van der Waals surface area contributed by atoms with Crippen LogP contribution in [-0.2, 0) is 9.53 Å². The number of hydrogen-bond donors (Lipinski definition) is 2. The standard InChI is InChI=1S/C21H24N4O2/c22-19(20(26)27-17-10-5-2-6-11-17)18(25-21-23-14-7-15-24-21)13-12-16-8-3-1-4-9-16/h1,3-4,7-9,12-15,17-18,22H,2,5-6,10-11H2,(H,23,24,25)/b13-12+,22-19?. The van der Waals surface area contributed by atoms with E-state index >= 15 is 0 Å². The summed E-state index contributed by atoms with van der Waals surface area (Å²) >= 11 is 0. The molecule has 0 aliphatic heterocycles. The predicted octanol–water partition coefficient (Wildman–Crippen LogP) is 3.87. The van der Waals surface area contributed by atoms with Crippen LogP contribution < -0.4 is 5.32 Å². The Kier molecular flexibility index (Phi) is 6.68. The van der Waals surface area contributed by atoms with E-state index in [9.17, 15) is 4.79 Å². The van der Waals surface area contributed by atoms with Crippen LogP contribution in [0, 0.1) is 5.41 Å². The highest BCUT2D eigenvalue weighted by Crippen LogP contribution is 2.20. The van der Waals surface area contributed by atoms with Crippen LogP contribution in [0.3, 0.4) is 0 Å². The summed E-state index contributed by atoms with van der Waals surface area (Å²) < 4.78 is 5.55. The Balaban J connectivity index is 1.72. The molecule has 1 atom stereocenters. The summed E-state index contributed by atoms with van der Waals surface area (Å²) in [7, 11) is 0. The molecule has 1 aromatic carbocycles. The number of rotatable bonds is 7. The first-order valence-corrected chi connectivity index (χ1v) is 9.28. The van der Waals surface area contributed by atoms with Gasteiger partial charge in [0.2, 0.25) is 5.95 Å². The molecule has 140 valence electrons. The van der Waals surface area contributed by atoms with E-state index in [-0.39, 0.29) is 11.8 Å². The summed E-state index contributed by atoms with van der Waals surface area (Å²) in [6.45, 7) is 0. The maximum Gasteiger partial charge on any atom is 0.354 e. The van der Waals surface area contributed by atoms with Crippen molar-refractivity contribution in [3.63, 3.8) is 0 Å². The molecule has 1 saturated carbocycles. The first-order valence-electron chi connectivity index (χ1n) is 9.28. The highest BCUT2D eigenvalue weighted by atomic mass is 16.5. The summed E-state index contributed by atoms with van der Waals surface area (Å²) in [5.74, 6) is -0.233. The third-order valence-electron chi connectivity index (χ3n) is 4.49. The first-order chi connectivity index (χ1) is 13.2. The van der Waals surface area contributed by atoms with Gasteiger partial charge in [-0.05, 0) is 37.3 Å². The van der Waals surface area contributed by atoms with Gasteiger partial charge in [-0.15, -0.1) is 0 Å². The highest BCUT2D eigenvalue weighted by molar-refractivity contribution is 6.38. The molecule has 6 nitrogen and oxygen atoms in total. The molecule has 1 aromatic heterocycles. The zero-order valence-corrected chi connectivity index (χ0v) is 15.2. The van der Waals surface area contributed by atoms with E-state index in [4.69, 9.17) is 10.1 Å². The van der Waals surface area contributed by atoms with E-state index < -0.39 is 12.0 Å². The van der Waals surface area contributed by atoms with E-state index in [0.29, 0.717) is 5.95 Å². The van der Waals surface area contributed by atoms with Crippen LogP contribution >= 0.6 is 0 Å². The number of anilines is 1. The summed E-state index contributed by atoms with van der Waals surface area (Å²) in [5.41, 5.74) is 0.826. The van der Waals surface area contributed by atoms with Crippen molar-refractivity contribution in [2.45, 2.75) is 44.2 Å². The molecule has 1 unspecified atom stereocenters. The minimum absolute atomic E-state index is 0.0849. The number of hydrogen-bond acceptors (Lipinski definition) is 6. The Bertz CT molecular complexity index is 771. The minimum Gasteiger partial charge on any atom is -0.458 e. The van der Waals surface area contributed by atoms with Crippen LogP contribution in [0.25, 0.3) is 6.08 Å². The van der Waals surface area contributed by atoms with Crippen molar-refractivity contribution in [3.8, 4) is 0 Å². The molecule has 1 fully saturated rings. The number of nitrogens with zero attached hydrogens (tertiary/aromatic N) is 2. The third-order valence-corrected chi connectivity index (χ3v) is 4.49. The number of carbonyl (C=O) groups excluding carboxylic acids is 1. The van der Waals surface area contributed by atoms with Gasteiger partial charge < -0.3 is 10.1 Å². The number of esters is 1. The predicted molar refractivity (Wildman–Crippen MR) is 106 cm³/mol. The lowest BCUT2D eigenvalue weighted by Gasteiger charge is -2.23. The average molecular weight is 364 g/mol. The van der Waals surface area contributed by atoms with Gasteiger partial charge in [-0.25, -0.2) is 14.8 Å². The van der Waals surface area contributed by atoms with Crippen LogP contribution in [0.15, 0.2) is 54.9 Å². The molecule has 1 heterocycles. The summed E-state index contributed by atoms with van der Waals surface area (Å²) in [6.07, 6.45) is 11.8. The van der Waals surface area contributed by atoms with Gasteiger partial charge in [0.1, 0.15) is 11.8 Å². The summed E-state index contributed by atoms with van der Waals surface area (Å²) in [4.78, 5) is 20.7. The molecule has 0 bridgehead atoms. The number of carbonyl (C=O) groups is 1. The molecule has 2 N–H and O–H groups in total. The fourth-order valence-electron chi connectivity index (χ4n) is 3.03. The third kappa shape index (κ3) is 5.74. The van der Waals surface area contributed by atoms with Gasteiger partial charge >= 0.3 is 5.97 Å². The maximum atomic E-state index is 12.5. The second-order valence-electron chi connectivity index (χ2n) is 6.54. The molecule has 0 radical (unpaired) electrons. The van der Waals surface area contributed by atoms with Gasteiger partial charge in [0.05, 0.1) is 6.04 Å². The second-order valence-corrected chi connectivity index (χ2v) is 6.54. The SMILES string of the molecule is N=C(C(=O)OC1CCCCC1)C(/C=C/c1ccccc1)Nc1ncccn1. The number of aromatic nitrogens is 2. The van der Waals surface area contributed by atoms with Crippen LogP contribution in [-0.4, -0.2) is 33.8 Å². The molecule has 0 amide bonds. The van der Waals surface area contributed by atoms with Crippen molar-refractivity contribution < 1.29 is 9.53 Å². The van der Waals surface area contributed by atoms with Crippen molar-refractivity contribution in [2.75, 3.05) is 5.32 Å². The Morgan fingerprint density at radius 1 is 1.11 bits per heavy atom. The lowest BCUT2D eigenvalue weighted by Crippen LogP contribution is -2.36.